The van der Waals surface area contributed by atoms with E-state index < -0.39 is 7.05 Å². The number of hydrogen-bond acceptors (Lipinski definition) is 1. The predicted molar refractivity (Wildman–Crippen MR) is 37.7 cm³/mol. The van der Waals surface area contributed by atoms with Crippen LogP contribution in [-0.4, -0.2) is 26.5 Å². The lowest BCUT2D eigenvalue weighted by Crippen LogP contribution is -1.76. The summed E-state index contributed by atoms with van der Waals surface area (Å²) in [5.74, 6) is 0. The molecule has 0 aromatic rings. The monoisotopic (exact) mass is 119 g/mol. The predicted octanol–water partition coefficient (Wildman–Crippen LogP) is 2.10. The second-order valence-corrected chi connectivity index (χ2v) is 6.41. The first-order chi connectivity index (χ1) is 3.12. The molecule has 0 aromatic heterocycles. The highest BCUT2D eigenvalue weighted by atomic mass is 31.2. The Morgan fingerprint density at radius 2 is 1.86 bits per heavy atom. The van der Waals surface area contributed by atoms with Gasteiger partial charge in [0.05, 0.1) is 0 Å². The minimum absolute atomic E-state index is 0.779. The maximum Gasteiger partial charge on any atom is 0.0261 e. The summed E-state index contributed by atoms with van der Waals surface area (Å²) in [4.78, 5) is 0. The van der Waals surface area contributed by atoms with Crippen molar-refractivity contribution in [1.29, 1.82) is 0 Å². The smallest absolute Gasteiger partial charge is 0.0261 e. The highest BCUT2D eigenvalue weighted by molar-refractivity contribution is 7.64. The Kier molecular flexibility index (Phi) is 2.60. The van der Waals surface area contributed by atoms with Gasteiger partial charge in [-0.15, -0.1) is 0 Å². The van der Waals surface area contributed by atoms with Gasteiger partial charge in [0.2, 0.25) is 0 Å². The van der Waals surface area contributed by atoms with E-state index in [0.29, 0.717) is 0 Å². The van der Waals surface area contributed by atoms with Gasteiger partial charge >= 0.3 is 0 Å². The Balaban J connectivity index is 3.85. The molecule has 0 bridgehead atoms. The summed E-state index contributed by atoms with van der Waals surface area (Å²) >= 11 is 0. The largest absolute Gasteiger partial charge is 0.307 e. The molecule has 0 unspecified atom stereocenters. The van der Waals surface area contributed by atoms with Crippen molar-refractivity contribution in [2.45, 2.75) is 6.92 Å². The van der Waals surface area contributed by atoms with Crippen LogP contribution in [0.3, 0.4) is 0 Å². The van der Waals surface area contributed by atoms with Crippen LogP contribution in [0.2, 0.25) is 0 Å². The van der Waals surface area contributed by atoms with Crippen molar-refractivity contribution < 1.29 is 0 Å². The van der Waals surface area contributed by atoms with E-state index in [-0.39, 0.29) is 0 Å². The first-order valence-corrected chi connectivity index (χ1v) is 5.39. The molecule has 0 saturated heterocycles. The average molecular weight is 119 g/mol. The fourth-order valence-electron chi connectivity index (χ4n) is 0.141. The van der Waals surface area contributed by atoms with Crippen molar-refractivity contribution in [2.75, 3.05) is 26.5 Å². The van der Waals surface area contributed by atoms with Crippen molar-refractivity contribution in [3.8, 4) is 0 Å². The molecule has 0 atom stereocenters. The number of rotatable bonds is 1. The van der Waals surface area contributed by atoms with Gasteiger partial charge in [0.1, 0.15) is 0 Å². The lowest BCUT2D eigenvalue weighted by Gasteiger charge is -2.06. The Labute approximate surface area is 46.2 Å². The lowest BCUT2D eigenvalue weighted by molar-refractivity contribution is 1.40. The van der Waals surface area contributed by atoms with Crippen LogP contribution in [-0.2, 0) is 0 Å². The molecular formula is C5H14NP. The van der Waals surface area contributed by atoms with E-state index >= 15 is 0 Å². The summed E-state index contributed by atoms with van der Waals surface area (Å²) in [6, 6.07) is 0. The molecule has 0 saturated carbocycles. The molecule has 0 spiro atoms. The van der Waals surface area contributed by atoms with E-state index in [1.54, 1.807) is 0 Å². The van der Waals surface area contributed by atoms with Gasteiger partial charge in [0.15, 0.2) is 0 Å². The molecule has 0 heterocycles. The van der Waals surface area contributed by atoms with Crippen molar-refractivity contribution >= 4 is 7.05 Å². The first kappa shape index (κ1) is 7.23. The van der Waals surface area contributed by atoms with Crippen LogP contribution < -0.4 is 0 Å². The summed E-state index contributed by atoms with van der Waals surface area (Å²) in [5.41, 5.74) is 0. The first-order valence-electron chi connectivity index (χ1n) is 2.56. The fraction of sp³-hybridized carbons (Fsp3) is 1.00. The average Bonchev–Trinajstić information content (AvgIpc) is 1.68. The van der Waals surface area contributed by atoms with Crippen LogP contribution >= 0.6 is 7.05 Å². The van der Waals surface area contributed by atoms with Crippen LogP contribution in [0.25, 0.3) is 0 Å². The molecule has 0 amide bonds. The Morgan fingerprint density at radius 3 is 1.86 bits per heavy atom. The van der Waals surface area contributed by atoms with Gasteiger partial charge in [-0.1, -0.05) is 6.92 Å². The number of hydrogen-bond donors (Lipinski definition) is 0. The second-order valence-electron chi connectivity index (χ2n) is 2.14. The number of nitrogens with zero attached hydrogens (tertiary/aromatic N) is 1. The molecular weight excluding hydrogens is 105 g/mol. The molecule has 7 heavy (non-hydrogen) atoms. The summed E-state index contributed by atoms with van der Waals surface area (Å²) in [6.45, 7) is 6.68. The van der Waals surface area contributed by atoms with E-state index in [9.17, 15) is 0 Å². The van der Waals surface area contributed by atoms with E-state index in [1.165, 1.54) is 6.16 Å². The van der Waals surface area contributed by atoms with Crippen LogP contribution in [0, 0.1) is 0 Å². The highest BCUT2D eigenvalue weighted by Crippen LogP contribution is 2.38. The molecule has 0 N–H and O–H groups in total. The maximum atomic E-state index is 4.25. The van der Waals surface area contributed by atoms with Crippen molar-refractivity contribution in [2.24, 2.45) is 4.74 Å². The standard InChI is InChI=1S/C5H14NP/c1-5-7(3,4)6-2/h5H2,1-4H3. The van der Waals surface area contributed by atoms with Crippen LogP contribution in [0.15, 0.2) is 4.74 Å². The fourth-order valence-corrected chi connectivity index (χ4v) is 0.424. The third-order valence-corrected chi connectivity index (χ3v) is 3.95. The van der Waals surface area contributed by atoms with E-state index in [0.717, 1.165) is 0 Å². The van der Waals surface area contributed by atoms with Gasteiger partial charge < -0.3 is 4.74 Å². The second kappa shape index (κ2) is 2.52. The molecule has 0 aliphatic heterocycles. The van der Waals surface area contributed by atoms with Gasteiger partial charge in [-0.3, -0.25) is 0 Å². The minimum Gasteiger partial charge on any atom is -0.307 e. The van der Waals surface area contributed by atoms with E-state index in [4.69, 9.17) is 0 Å². The quantitative estimate of drug-likeness (QED) is 0.469. The normalized spacial score (nSPS) is 11.4. The van der Waals surface area contributed by atoms with Gasteiger partial charge in [-0.2, -0.15) is 0 Å². The van der Waals surface area contributed by atoms with Gasteiger partial charge in [0.25, 0.3) is 0 Å². The molecule has 2 heteroatoms. The Bertz CT molecular complexity index is 90.3. The van der Waals surface area contributed by atoms with E-state index in [1.807, 2.05) is 7.05 Å². The minimum atomic E-state index is -0.779. The van der Waals surface area contributed by atoms with Crippen molar-refractivity contribution in [3.63, 3.8) is 0 Å². The van der Waals surface area contributed by atoms with Crippen LogP contribution in [0.5, 0.6) is 0 Å². The lowest BCUT2D eigenvalue weighted by atomic mass is 11.0. The SMILES string of the molecule is CCP(C)(C)=NC. The third kappa shape index (κ3) is 2.87. The zero-order valence-corrected chi connectivity index (χ0v) is 6.50. The molecule has 1 nitrogen and oxygen atoms in total. The summed E-state index contributed by atoms with van der Waals surface area (Å²) < 4.78 is 4.25. The van der Waals surface area contributed by atoms with E-state index in [2.05, 4.69) is 25.0 Å². The molecule has 44 valence electrons. The van der Waals surface area contributed by atoms with Gasteiger partial charge in [0, 0.05) is 7.05 Å². The Morgan fingerprint density at radius 1 is 1.43 bits per heavy atom. The maximum absolute atomic E-state index is 4.25. The Hall–Kier alpha value is 0.230. The molecule has 0 aromatic carbocycles. The third-order valence-electron chi connectivity index (χ3n) is 1.32. The van der Waals surface area contributed by atoms with Crippen molar-refractivity contribution in [1.82, 2.24) is 0 Å². The molecule has 0 fully saturated rings. The van der Waals surface area contributed by atoms with Crippen LogP contribution in [0.1, 0.15) is 6.92 Å². The summed E-state index contributed by atoms with van der Waals surface area (Å²) in [5, 5.41) is 0. The van der Waals surface area contributed by atoms with Crippen molar-refractivity contribution in [3.05, 3.63) is 0 Å². The van der Waals surface area contributed by atoms with Crippen LogP contribution in [0.4, 0.5) is 0 Å². The molecule has 0 radical (unpaired) electrons. The highest BCUT2D eigenvalue weighted by Gasteiger charge is 1.95. The van der Waals surface area contributed by atoms with Gasteiger partial charge in [-0.05, 0) is 26.5 Å². The zero-order chi connectivity index (χ0) is 5.91. The summed E-state index contributed by atoms with van der Waals surface area (Å²) in [6.07, 6.45) is 1.24. The summed E-state index contributed by atoms with van der Waals surface area (Å²) in [7, 11) is 1.13. The molecule has 0 aliphatic rings. The molecule has 0 rings (SSSR count). The zero-order valence-electron chi connectivity index (χ0n) is 5.60. The van der Waals surface area contributed by atoms with Gasteiger partial charge in [-0.25, -0.2) is 0 Å². The molecule has 0 aliphatic carbocycles. The topological polar surface area (TPSA) is 12.4 Å².